The van der Waals surface area contributed by atoms with Crippen molar-refractivity contribution in [2.24, 2.45) is 5.92 Å². The SMILES string of the molecule is CC(C)[C@H](NC(=O)OC(C)(C)C)C(=S)NCc1cn(-c2ccccc2)nn1. The maximum Gasteiger partial charge on any atom is 0.408 e. The Balaban J connectivity index is 1.94. The van der Waals surface area contributed by atoms with Gasteiger partial charge >= 0.3 is 6.09 Å². The fraction of sp³-hybridized carbons (Fsp3) is 0.474. The number of alkyl carbamates (subject to hydrolysis) is 1. The highest BCUT2D eigenvalue weighted by Crippen LogP contribution is 2.10. The molecule has 0 aliphatic rings. The lowest BCUT2D eigenvalue weighted by Crippen LogP contribution is -2.49. The highest BCUT2D eigenvalue weighted by Gasteiger charge is 2.24. The minimum Gasteiger partial charge on any atom is -0.444 e. The first-order chi connectivity index (χ1) is 12.7. The number of carbonyl (C=O) groups excluding carboxylic acids is 1. The molecule has 1 atom stereocenters. The van der Waals surface area contributed by atoms with E-state index in [0.29, 0.717) is 11.5 Å². The molecule has 0 aliphatic carbocycles. The molecule has 0 spiro atoms. The number of thiocarbonyl (C=S) groups is 1. The highest BCUT2D eigenvalue weighted by atomic mass is 32.1. The van der Waals surface area contributed by atoms with Crippen LogP contribution < -0.4 is 10.6 Å². The van der Waals surface area contributed by atoms with Crippen molar-refractivity contribution in [3.63, 3.8) is 0 Å². The number of rotatable bonds is 6. The smallest absolute Gasteiger partial charge is 0.408 e. The molecule has 0 fully saturated rings. The van der Waals surface area contributed by atoms with Gasteiger partial charge in [-0.05, 0) is 38.8 Å². The van der Waals surface area contributed by atoms with Crippen LogP contribution in [-0.4, -0.2) is 37.7 Å². The van der Waals surface area contributed by atoms with Gasteiger partial charge in [-0.2, -0.15) is 0 Å². The largest absolute Gasteiger partial charge is 0.444 e. The van der Waals surface area contributed by atoms with Crippen LogP contribution in [0.4, 0.5) is 4.79 Å². The predicted molar refractivity (Wildman–Crippen MR) is 109 cm³/mol. The molecule has 1 amide bonds. The number of aromatic nitrogens is 3. The summed E-state index contributed by atoms with van der Waals surface area (Å²) in [4.78, 5) is 12.6. The lowest BCUT2D eigenvalue weighted by Gasteiger charge is -2.26. The van der Waals surface area contributed by atoms with Crippen LogP contribution in [0.3, 0.4) is 0 Å². The molecule has 1 aromatic heterocycles. The number of nitrogens with zero attached hydrogens (tertiary/aromatic N) is 3. The summed E-state index contributed by atoms with van der Waals surface area (Å²) in [5.74, 6) is 0.109. The molecule has 0 saturated carbocycles. The van der Waals surface area contributed by atoms with E-state index in [4.69, 9.17) is 17.0 Å². The van der Waals surface area contributed by atoms with Gasteiger partial charge in [0.15, 0.2) is 0 Å². The van der Waals surface area contributed by atoms with E-state index < -0.39 is 11.7 Å². The standard InChI is InChI=1S/C19H27N5O2S/c1-13(2)16(21-18(25)26-19(3,4)5)17(27)20-11-14-12-24(23-22-14)15-9-7-6-8-10-15/h6-10,12-13,16H,11H2,1-5H3,(H,20,27)(H,21,25)/t16-/m0/s1. The van der Waals surface area contributed by atoms with Crippen LogP contribution in [0.2, 0.25) is 0 Å². The third kappa shape index (κ3) is 6.63. The Morgan fingerprint density at radius 2 is 1.93 bits per heavy atom. The van der Waals surface area contributed by atoms with Crippen molar-refractivity contribution in [1.29, 1.82) is 0 Å². The zero-order valence-electron chi connectivity index (χ0n) is 16.4. The van der Waals surface area contributed by atoms with Gasteiger partial charge in [0.05, 0.1) is 29.5 Å². The zero-order valence-corrected chi connectivity index (χ0v) is 17.2. The molecule has 0 bridgehead atoms. The van der Waals surface area contributed by atoms with Gasteiger partial charge in [0.2, 0.25) is 0 Å². The van der Waals surface area contributed by atoms with E-state index in [-0.39, 0.29) is 12.0 Å². The van der Waals surface area contributed by atoms with Crippen LogP contribution in [0.15, 0.2) is 36.5 Å². The van der Waals surface area contributed by atoms with Gasteiger partial charge in [-0.1, -0.05) is 49.5 Å². The van der Waals surface area contributed by atoms with Crippen LogP contribution in [0.25, 0.3) is 5.69 Å². The summed E-state index contributed by atoms with van der Waals surface area (Å²) < 4.78 is 7.03. The molecule has 2 N–H and O–H groups in total. The summed E-state index contributed by atoms with van der Waals surface area (Å²) in [5, 5.41) is 14.3. The molecule has 0 unspecified atom stereocenters. The fourth-order valence-electron chi connectivity index (χ4n) is 2.34. The number of amides is 1. The van der Waals surface area contributed by atoms with Gasteiger partial charge in [-0.25, -0.2) is 9.48 Å². The summed E-state index contributed by atoms with van der Waals surface area (Å²) >= 11 is 5.47. The van der Waals surface area contributed by atoms with E-state index in [0.717, 1.165) is 11.4 Å². The van der Waals surface area contributed by atoms with Gasteiger partial charge in [0.1, 0.15) is 11.3 Å². The quantitative estimate of drug-likeness (QED) is 0.738. The molecule has 0 radical (unpaired) electrons. The van der Waals surface area contributed by atoms with Crippen LogP contribution in [0.5, 0.6) is 0 Å². The predicted octanol–water partition coefficient (Wildman–Crippen LogP) is 3.23. The second kappa shape index (κ2) is 8.94. The van der Waals surface area contributed by atoms with Crippen molar-refractivity contribution >= 4 is 23.3 Å². The molecule has 7 nitrogen and oxygen atoms in total. The monoisotopic (exact) mass is 389 g/mol. The molecule has 2 rings (SSSR count). The Hall–Kier alpha value is -2.48. The maximum atomic E-state index is 12.1. The normalized spacial score (nSPS) is 12.5. The Morgan fingerprint density at radius 3 is 2.52 bits per heavy atom. The Morgan fingerprint density at radius 1 is 1.26 bits per heavy atom. The maximum absolute atomic E-state index is 12.1. The first kappa shape index (κ1) is 20.8. The van der Waals surface area contributed by atoms with Crippen LogP contribution >= 0.6 is 12.2 Å². The minimum absolute atomic E-state index is 0.109. The summed E-state index contributed by atoms with van der Waals surface area (Å²) in [6, 6.07) is 9.41. The zero-order chi connectivity index (χ0) is 20.0. The molecule has 1 heterocycles. The van der Waals surface area contributed by atoms with E-state index in [2.05, 4.69) is 20.9 Å². The molecule has 1 aromatic carbocycles. The Labute approximate surface area is 165 Å². The third-order valence-corrected chi connectivity index (χ3v) is 4.02. The lowest BCUT2D eigenvalue weighted by atomic mass is 10.0. The van der Waals surface area contributed by atoms with Crippen molar-refractivity contribution < 1.29 is 9.53 Å². The van der Waals surface area contributed by atoms with E-state index in [1.807, 2.05) is 71.1 Å². The summed E-state index contributed by atoms with van der Waals surface area (Å²) in [6.45, 7) is 9.87. The number of hydrogen-bond donors (Lipinski definition) is 2. The third-order valence-electron chi connectivity index (χ3n) is 3.63. The second-order valence-electron chi connectivity index (χ2n) is 7.58. The highest BCUT2D eigenvalue weighted by molar-refractivity contribution is 7.80. The average Bonchev–Trinajstić information content (AvgIpc) is 3.05. The second-order valence-corrected chi connectivity index (χ2v) is 8.02. The first-order valence-corrected chi connectivity index (χ1v) is 9.30. The van der Waals surface area contributed by atoms with E-state index in [9.17, 15) is 4.79 Å². The van der Waals surface area contributed by atoms with Crippen molar-refractivity contribution in [3.8, 4) is 5.69 Å². The van der Waals surface area contributed by atoms with Crippen molar-refractivity contribution in [2.45, 2.75) is 52.8 Å². The molecular formula is C19H27N5O2S. The van der Waals surface area contributed by atoms with Crippen molar-refractivity contribution in [1.82, 2.24) is 25.6 Å². The van der Waals surface area contributed by atoms with E-state index in [1.165, 1.54) is 0 Å². The van der Waals surface area contributed by atoms with Gasteiger partial charge in [0, 0.05) is 0 Å². The molecule has 8 heteroatoms. The summed E-state index contributed by atoms with van der Waals surface area (Å²) in [7, 11) is 0. The number of para-hydroxylation sites is 1. The van der Waals surface area contributed by atoms with Crippen LogP contribution in [-0.2, 0) is 11.3 Å². The number of nitrogens with one attached hydrogen (secondary N) is 2. The van der Waals surface area contributed by atoms with Crippen molar-refractivity contribution in [3.05, 3.63) is 42.2 Å². The summed E-state index contributed by atoms with van der Waals surface area (Å²) in [5.41, 5.74) is 1.13. The van der Waals surface area contributed by atoms with Crippen LogP contribution in [0.1, 0.15) is 40.3 Å². The molecule has 27 heavy (non-hydrogen) atoms. The number of ether oxygens (including phenoxy) is 1. The molecular weight excluding hydrogens is 362 g/mol. The van der Waals surface area contributed by atoms with Gasteiger partial charge in [0.25, 0.3) is 0 Å². The molecule has 146 valence electrons. The first-order valence-electron chi connectivity index (χ1n) is 8.89. The lowest BCUT2D eigenvalue weighted by molar-refractivity contribution is 0.0508. The molecule has 2 aromatic rings. The number of carbonyl (C=O) groups is 1. The van der Waals surface area contributed by atoms with Gasteiger partial charge in [-0.3, -0.25) is 0 Å². The van der Waals surface area contributed by atoms with Crippen LogP contribution in [0, 0.1) is 5.92 Å². The topological polar surface area (TPSA) is 81.1 Å². The van der Waals surface area contributed by atoms with E-state index in [1.54, 1.807) is 4.68 Å². The van der Waals surface area contributed by atoms with Crippen molar-refractivity contribution in [2.75, 3.05) is 0 Å². The molecule has 0 aliphatic heterocycles. The Bertz CT molecular complexity index is 768. The summed E-state index contributed by atoms with van der Waals surface area (Å²) in [6.07, 6.45) is 1.36. The van der Waals surface area contributed by atoms with Gasteiger partial charge in [-0.15, -0.1) is 5.10 Å². The molecule has 0 saturated heterocycles. The number of hydrogen-bond acceptors (Lipinski definition) is 5. The Kier molecular flexibility index (Phi) is 6.90. The fourth-order valence-corrected chi connectivity index (χ4v) is 2.75. The number of benzene rings is 1. The average molecular weight is 390 g/mol. The van der Waals surface area contributed by atoms with E-state index >= 15 is 0 Å². The van der Waals surface area contributed by atoms with Gasteiger partial charge < -0.3 is 15.4 Å². The minimum atomic E-state index is -0.559.